The first-order valence-electron chi connectivity index (χ1n) is 7.14. The number of halogens is 1. The van der Waals surface area contributed by atoms with E-state index < -0.39 is 15.8 Å². The molecule has 4 nitrogen and oxygen atoms in total. The molecule has 0 saturated heterocycles. The number of hydrogen-bond acceptors (Lipinski definition) is 3. The quantitative estimate of drug-likeness (QED) is 0.830. The van der Waals surface area contributed by atoms with Crippen LogP contribution in [0.1, 0.15) is 43.6 Å². The minimum Gasteiger partial charge on any atom is -0.481 e. The Kier molecular flexibility index (Phi) is 3.86. The van der Waals surface area contributed by atoms with Gasteiger partial charge in [0.15, 0.2) is 9.84 Å². The fourth-order valence-electron chi connectivity index (χ4n) is 2.78. The first-order valence-corrected chi connectivity index (χ1v) is 9.48. The molecule has 2 aliphatic rings. The minimum atomic E-state index is -3.23. The number of benzene rings is 1. The number of hydrogen-bond donors (Lipinski definition) is 1. The summed E-state index contributed by atoms with van der Waals surface area (Å²) < 4.78 is 25.2. The Hall–Kier alpha value is -0.880. The maximum atomic E-state index is 12.3. The van der Waals surface area contributed by atoms with Gasteiger partial charge in [-0.15, -0.1) is 0 Å². The summed E-state index contributed by atoms with van der Waals surface area (Å²) in [4.78, 5) is 11.3. The van der Waals surface area contributed by atoms with E-state index in [0.29, 0.717) is 15.3 Å². The molecule has 1 N–H and O–H groups in total. The summed E-state index contributed by atoms with van der Waals surface area (Å²) >= 11 is 3.36. The van der Waals surface area contributed by atoms with E-state index in [-0.39, 0.29) is 17.6 Å². The number of carbonyl (C=O) groups is 1. The van der Waals surface area contributed by atoms with Crippen LogP contribution in [0, 0.1) is 5.92 Å². The monoisotopic (exact) mass is 372 g/mol. The lowest BCUT2D eigenvalue weighted by Gasteiger charge is -2.16. The van der Waals surface area contributed by atoms with Gasteiger partial charge in [0.1, 0.15) is 0 Å². The summed E-state index contributed by atoms with van der Waals surface area (Å²) in [6.07, 6.45) is 3.68. The van der Waals surface area contributed by atoms with Crippen molar-refractivity contribution < 1.29 is 18.3 Å². The van der Waals surface area contributed by atoms with Crippen LogP contribution in [-0.2, 0) is 14.6 Å². The van der Waals surface area contributed by atoms with E-state index in [9.17, 15) is 13.2 Å². The highest BCUT2D eigenvalue weighted by Crippen LogP contribution is 2.46. The largest absolute Gasteiger partial charge is 0.481 e. The molecular formula is C15H17BrO4S. The molecule has 0 radical (unpaired) electrons. The van der Waals surface area contributed by atoms with E-state index in [1.807, 2.05) is 0 Å². The van der Waals surface area contributed by atoms with E-state index in [0.717, 1.165) is 31.2 Å². The molecule has 1 aromatic rings. The highest BCUT2D eigenvalue weighted by atomic mass is 79.9. The van der Waals surface area contributed by atoms with Crippen molar-refractivity contribution in [2.24, 2.45) is 5.92 Å². The molecule has 21 heavy (non-hydrogen) atoms. The van der Waals surface area contributed by atoms with Gasteiger partial charge in [-0.05, 0) is 71.1 Å². The zero-order valence-electron chi connectivity index (χ0n) is 11.5. The van der Waals surface area contributed by atoms with Crippen LogP contribution in [0.2, 0.25) is 0 Å². The van der Waals surface area contributed by atoms with Crippen molar-refractivity contribution in [3.05, 3.63) is 28.2 Å². The van der Waals surface area contributed by atoms with Gasteiger partial charge in [-0.1, -0.05) is 6.07 Å². The van der Waals surface area contributed by atoms with E-state index in [1.54, 1.807) is 18.2 Å². The van der Waals surface area contributed by atoms with Crippen molar-refractivity contribution in [2.45, 2.75) is 48.2 Å². The van der Waals surface area contributed by atoms with E-state index in [4.69, 9.17) is 5.11 Å². The van der Waals surface area contributed by atoms with Crippen LogP contribution in [0.25, 0.3) is 0 Å². The van der Waals surface area contributed by atoms with Crippen molar-refractivity contribution in [3.63, 3.8) is 0 Å². The van der Waals surface area contributed by atoms with Crippen LogP contribution in [-0.4, -0.2) is 24.7 Å². The van der Waals surface area contributed by atoms with Gasteiger partial charge in [-0.3, -0.25) is 4.79 Å². The Bertz CT molecular complexity index is 675. The smallest absolute Gasteiger partial charge is 0.303 e. The Labute approximate surface area is 132 Å². The highest BCUT2D eigenvalue weighted by Gasteiger charge is 2.39. The summed E-state index contributed by atoms with van der Waals surface area (Å²) in [6, 6.07) is 5.21. The summed E-state index contributed by atoms with van der Waals surface area (Å²) in [6.45, 7) is 0. The second kappa shape index (κ2) is 5.39. The van der Waals surface area contributed by atoms with Gasteiger partial charge in [-0.25, -0.2) is 8.42 Å². The molecule has 114 valence electrons. The van der Waals surface area contributed by atoms with Crippen molar-refractivity contribution in [1.82, 2.24) is 0 Å². The number of carboxylic acid groups (broad SMARTS) is 1. The number of rotatable bonds is 6. The van der Waals surface area contributed by atoms with Gasteiger partial charge < -0.3 is 5.11 Å². The van der Waals surface area contributed by atoms with Crippen molar-refractivity contribution in [3.8, 4) is 0 Å². The van der Waals surface area contributed by atoms with Crippen LogP contribution in [0.3, 0.4) is 0 Å². The minimum absolute atomic E-state index is 0.0171. The van der Waals surface area contributed by atoms with Gasteiger partial charge in [-0.2, -0.15) is 0 Å². The molecule has 1 aromatic carbocycles. The maximum Gasteiger partial charge on any atom is 0.303 e. The van der Waals surface area contributed by atoms with Gasteiger partial charge in [0.25, 0.3) is 0 Å². The zero-order valence-corrected chi connectivity index (χ0v) is 13.9. The van der Waals surface area contributed by atoms with Crippen molar-refractivity contribution >= 4 is 31.7 Å². The highest BCUT2D eigenvalue weighted by molar-refractivity contribution is 9.10. The SMILES string of the molecule is O=C(O)CC(c1ccc(S(=O)(=O)C2CC2)c(Br)c1)C1CC1. The van der Waals surface area contributed by atoms with Gasteiger partial charge in [0, 0.05) is 4.47 Å². The Morgan fingerprint density at radius 2 is 1.95 bits per heavy atom. The maximum absolute atomic E-state index is 12.3. The molecule has 2 aliphatic carbocycles. The lowest BCUT2D eigenvalue weighted by atomic mass is 9.91. The average Bonchev–Trinajstić information content (AvgIpc) is 3.28. The van der Waals surface area contributed by atoms with E-state index >= 15 is 0 Å². The molecule has 0 amide bonds. The molecule has 0 bridgehead atoms. The molecule has 2 fully saturated rings. The predicted octanol–water partition coefficient (Wildman–Crippen LogP) is 3.35. The van der Waals surface area contributed by atoms with Crippen LogP contribution in [0.15, 0.2) is 27.6 Å². The molecule has 0 aromatic heterocycles. The molecule has 3 rings (SSSR count). The van der Waals surface area contributed by atoms with Gasteiger partial charge in [0.05, 0.1) is 16.6 Å². The van der Waals surface area contributed by atoms with Gasteiger partial charge in [0.2, 0.25) is 0 Å². The molecule has 2 saturated carbocycles. The molecular weight excluding hydrogens is 356 g/mol. The third-order valence-electron chi connectivity index (χ3n) is 4.24. The summed E-state index contributed by atoms with van der Waals surface area (Å²) in [5.74, 6) is -0.409. The third-order valence-corrected chi connectivity index (χ3v) is 7.48. The van der Waals surface area contributed by atoms with Crippen LogP contribution in [0.4, 0.5) is 0 Å². The first-order chi connectivity index (χ1) is 9.89. The van der Waals surface area contributed by atoms with Crippen LogP contribution < -0.4 is 0 Å². The normalized spacial score (nSPS) is 20.2. The zero-order chi connectivity index (χ0) is 15.2. The first kappa shape index (κ1) is 15.0. The third kappa shape index (κ3) is 3.16. The standard InChI is InChI=1S/C15H17BrO4S/c16-13-7-10(12(8-15(17)18)9-1-2-9)3-6-14(13)21(19,20)11-4-5-11/h3,6-7,9,11-12H,1-2,4-5,8H2,(H,17,18). The number of sulfone groups is 1. The summed E-state index contributed by atoms with van der Waals surface area (Å²) in [5.41, 5.74) is 0.918. The molecule has 0 spiro atoms. The molecule has 6 heteroatoms. The topological polar surface area (TPSA) is 71.4 Å². The Morgan fingerprint density at radius 1 is 1.29 bits per heavy atom. The van der Waals surface area contributed by atoms with Crippen LogP contribution in [0.5, 0.6) is 0 Å². The number of carboxylic acids is 1. The molecule has 0 aliphatic heterocycles. The number of aliphatic carboxylic acids is 1. The fraction of sp³-hybridized carbons (Fsp3) is 0.533. The van der Waals surface area contributed by atoms with Crippen molar-refractivity contribution in [1.29, 1.82) is 0 Å². The summed E-state index contributed by atoms with van der Waals surface area (Å²) in [7, 11) is -3.23. The lowest BCUT2D eigenvalue weighted by Crippen LogP contribution is -2.11. The van der Waals surface area contributed by atoms with E-state index in [2.05, 4.69) is 15.9 Å². The molecule has 1 atom stereocenters. The molecule has 0 heterocycles. The van der Waals surface area contributed by atoms with Gasteiger partial charge >= 0.3 is 5.97 Å². The average molecular weight is 373 g/mol. The summed E-state index contributed by atoms with van der Waals surface area (Å²) in [5, 5.41) is 8.81. The van der Waals surface area contributed by atoms with E-state index in [1.165, 1.54) is 0 Å². The second-order valence-electron chi connectivity index (χ2n) is 5.98. The lowest BCUT2D eigenvalue weighted by molar-refractivity contribution is -0.137. The predicted molar refractivity (Wildman–Crippen MR) is 82.1 cm³/mol. The van der Waals surface area contributed by atoms with Crippen molar-refractivity contribution in [2.75, 3.05) is 0 Å². The Morgan fingerprint density at radius 3 is 2.43 bits per heavy atom. The fourth-order valence-corrected chi connectivity index (χ4v) is 5.56. The second-order valence-corrected chi connectivity index (χ2v) is 9.03. The molecule has 1 unspecified atom stereocenters. The Balaban J connectivity index is 1.91. The van der Waals surface area contributed by atoms with Crippen LogP contribution >= 0.6 is 15.9 Å².